The van der Waals surface area contributed by atoms with Gasteiger partial charge in [-0.3, -0.25) is 4.79 Å². The van der Waals surface area contributed by atoms with Crippen LogP contribution in [-0.4, -0.2) is 37.5 Å². The lowest BCUT2D eigenvalue weighted by molar-refractivity contribution is 0.0937. The van der Waals surface area contributed by atoms with Crippen LogP contribution in [0.3, 0.4) is 0 Å². The highest BCUT2D eigenvalue weighted by Gasteiger charge is 2.13. The van der Waals surface area contributed by atoms with Crippen LogP contribution in [0.4, 0.5) is 5.69 Å². The predicted octanol–water partition coefficient (Wildman–Crippen LogP) is 1.99. The molecule has 0 aliphatic rings. The van der Waals surface area contributed by atoms with Gasteiger partial charge in [-0.05, 0) is 52.2 Å². The zero-order chi connectivity index (χ0) is 13.7. The quantitative estimate of drug-likeness (QED) is 0.804. The minimum Gasteiger partial charge on any atom is -0.399 e. The second-order valence-electron chi connectivity index (χ2n) is 4.71. The topological polar surface area (TPSA) is 58.4 Å². The van der Waals surface area contributed by atoms with Crippen LogP contribution in [0.1, 0.15) is 23.7 Å². The Labute approximate surface area is 113 Å². The molecule has 1 aromatic carbocycles. The molecule has 0 aromatic heterocycles. The van der Waals surface area contributed by atoms with E-state index in [-0.39, 0.29) is 11.9 Å². The predicted molar refractivity (Wildman–Crippen MR) is 76.0 cm³/mol. The van der Waals surface area contributed by atoms with Crippen molar-refractivity contribution in [1.29, 1.82) is 0 Å². The number of carbonyl (C=O) groups excluding carboxylic acids is 1. The zero-order valence-electron chi connectivity index (χ0n) is 11.0. The number of nitrogens with one attached hydrogen (secondary N) is 1. The molecule has 1 atom stereocenters. The number of hydrogen-bond donors (Lipinski definition) is 2. The fourth-order valence-corrected chi connectivity index (χ4v) is 1.82. The Kier molecular flexibility index (Phi) is 5.44. The minimum absolute atomic E-state index is 0.105. The number of rotatable bonds is 5. The first kappa shape index (κ1) is 14.8. The largest absolute Gasteiger partial charge is 0.399 e. The summed E-state index contributed by atoms with van der Waals surface area (Å²) in [6.45, 7) is 2.91. The van der Waals surface area contributed by atoms with Gasteiger partial charge in [-0.15, -0.1) is 0 Å². The Morgan fingerprint density at radius 2 is 2.17 bits per heavy atom. The van der Waals surface area contributed by atoms with Crippen LogP contribution in [0.5, 0.6) is 0 Å². The Morgan fingerprint density at radius 3 is 2.72 bits per heavy atom. The molecule has 0 fully saturated rings. The smallest absolute Gasteiger partial charge is 0.253 e. The van der Waals surface area contributed by atoms with Crippen molar-refractivity contribution >= 4 is 23.2 Å². The van der Waals surface area contributed by atoms with Gasteiger partial charge in [-0.2, -0.15) is 0 Å². The lowest BCUT2D eigenvalue weighted by atomic mass is 10.1. The molecule has 5 heteroatoms. The molecular weight excluding hydrogens is 250 g/mol. The summed E-state index contributed by atoms with van der Waals surface area (Å²) in [6, 6.07) is 5.01. The number of amides is 1. The Hall–Kier alpha value is -1.26. The molecule has 18 heavy (non-hydrogen) atoms. The van der Waals surface area contributed by atoms with Crippen LogP contribution in [0, 0.1) is 0 Å². The van der Waals surface area contributed by atoms with Crippen LogP contribution in [-0.2, 0) is 0 Å². The average molecular weight is 270 g/mol. The van der Waals surface area contributed by atoms with Crippen LogP contribution >= 0.6 is 11.6 Å². The van der Waals surface area contributed by atoms with Crippen molar-refractivity contribution in [3.05, 3.63) is 28.8 Å². The van der Waals surface area contributed by atoms with Gasteiger partial charge < -0.3 is 16.0 Å². The first-order valence-electron chi connectivity index (χ1n) is 5.90. The van der Waals surface area contributed by atoms with Gasteiger partial charge in [0.1, 0.15) is 0 Å². The molecule has 0 saturated carbocycles. The first-order valence-corrected chi connectivity index (χ1v) is 6.28. The normalized spacial score (nSPS) is 12.5. The Morgan fingerprint density at radius 1 is 1.50 bits per heavy atom. The highest BCUT2D eigenvalue weighted by Crippen LogP contribution is 2.19. The van der Waals surface area contributed by atoms with E-state index in [4.69, 9.17) is 17.3 Å². The van der Waals surface area contributed by atoms with E-state index in [0.717, 1.165) is 13.0 Å². The summed E-state index contributed by atoms with van der Waals surface area (Å²) >= 11 is 5.99. The molecule has 0 radical (unpaired) electrons. The molecule has 0 spiro atoms. The van der Waals surface area contributed by atoms with Crippen molar-refractivity contribution in [2.24, 2.45) is 0 Å². The summed E-state index contributed by atoms with van der Waals surface area (Å²) in [7, 11) is 4.01. The van der Waals surface area contributed by atoms with Crippen LogP contribution < -0.4 is 11.1 Å². The van der Waals surface area contributed by atoms with E-state index >= 15 is 0 Å². The molecule has 1 unspecified atom stereocenters. The third kappa shape index (κ3) is 4.55. The van der Waals surface area contributed by atoms with E-state index in [9.17, 15) is 4.79 Å². The second-order valence-corrected chi connectivity index (χ2v) is 5.11. The highest BCUT2D eigenvalue weighted by molar-refractivity contribution is 6.34. The number of anilines is 1. The Bertz CT molecular complexity index is 421. The van der Waals surface area contributed by atoms with Crippen molar-refractivity contribution in [2.45, 2.75) is 19.4 Å². The summed E-state index contributed by atoms with van der Waals surface area (Å²) in [5, 5.41) is 3.30. The van der Waals surface area contributed by atoms with E-state index in [1.807, 2.05) is 21.0 Å². The van der Waals surface area contributed by atoms with Gasteiger partial charge in [-0.25, -0.2) is 0 Å². The summed E-state index contributed by atoms with van der Waals surface area (Å²) in [6.07, 6.45) is 0.894. The monoisotopic (exact) mass is 269 g/mol. The van der Waals surface area contributed by atoms with Crippen LogP contribution in [0.25, 0.3) is 0 Å². The third-order valence-corrected chi connectivity index (χ3v) is 2.94. The summed E-state index contributed by atoms with van der Waals surface area (Å²) in [5.74, 6) is -0.161. The first-order chi connectivity index (χ1) is 8.40. The molecular formula is C13H20ClN3O. The molecule has 0 aliphatic heterocycles. The molecule has 0 heterocycles. The van der Waals surface area contributed by atoms with Gasteiger partial charge in [0.15, 0.2) is 0 Å². The molecule has 4 nitrogen and oxygen atoms in total. The average Bonchev–Trinajstić information content (AvgIpc) is 2.26. The number of carbonyl (C=O) groups is 1. The molecule has 3 N–H and O–H groups in total. The number of nitrogens with two attached hydrogens (primary N) is 1. The number of benzene rings is 1. The molecule has 100 valence electrons. The zero-order valence-corrected chi connectivity index (χ0v) is 11.8. The van der Waals surface area contributed by atoms with Crippen LogP contribution in [0.15, 0.2) is 18.2 Å². The summed E-state index contributed by atoms with van der Waals surface area (Å²) in [5.41, 5.74) is 6.60. The maximum Gasteiger partial charge on any atom is 0.253 e. The molecule has 0 aliphatic carbocycles. The van der Waals surface area contributed by atoms with Gasteiger partial charge in [0.2, 0.25) is 0 Å². The lowest BCUT2D eigenvalue weighted by Gasteiger charge is -2.17. The van der Waals surface area contributed by atoms with Crippen molar-refractivity contribution in [3.8, 4) is 0 Å². The maximum atomic E-state index is 12.0. The van der Waals surface area contributed by atoms with E-state index in [0.29, 0.717) is 16.3 Å². The van der Waals surface area contributed by atoms with E-state index in [2.05, 4.69) is 10.2 Å². The van der Waals surface area contributed by atoms with Gasteiger partial charge in [0.25, 0.3) is 5.91 Å². The van der Waals surface area contributed by atoms with E-state index < -0.39 is 0 Å². The summed E-state index contributed by atoms with van der Waals surface area (Å²) in [4.78, 5) is 14.1. The van der Waals surface area contributed by atoms with Gasteiger partial charge in [-0.1, -0.05) is 11.6 Å². The van der Waals surface area contributed by atoms with Gasteiger partial charge in [0, 0.05) is 11.7 Å². The Balaban J connectivity index is 2.59. The number of hydrogen-bond acceptors (Lipinski definition) is 3. The molecule has 1 amide bonds. The summed E-state index contributed by atoms with van der Waals surface area (Å²) < 4.78 is 0. The number of nitrogens with zero attached hydrogens (tertiary/aromatic N) is 1. The van der Waals surface area contributed by atoms with Gasteiger partial charge >= 0.3 is 0 Å². The van der Waals surface area contributed by atoms with Crippen molar-refractivity contribution in [3.63, 3.8) is 0 Å². The highest BCUT2D eigenvalue weighted by atomic mass is 35.5. The standard InChI is InChI=1S/C13H20ClN3O/c1-9(6-7-17(2)3)16-13(18)11-5-4-10(15)8-12(11)14/h4-5,8-9H,6-7,15H2,1-3H3,(H,16,18). The van der Waals surface area contributed by atoms with Crippen molar-refractivity contribution in [1.82, 2.24) is 10.2 Å². The van der Waals surface area contributed by atoms with E-state index in [1.165, 1.54) is 0 Å². The second kappa shape index (κ2) is 6.61. The van der Waals surface area contributed by atoms with Crippen LogP contribution in [0.2, 0.25) is 5.02 Å². The number of halogens is 1. The maximum absolute atomic E-state index is 12.0. The third-order valence-electron chi connectivity index (χ3n) is 2.62. The molecule has 1 aromatic rings. The van der Waals surface area contributed by atoms with Gasteiger partial charge in [0.05, 0.1) is 10.6 Å². The molecule has 0 bridgehead atoms. The fourth-order valence-electron chi connectivity index (χ4n) is 1.54. The van der Waals surface area contributed by atoms with Crippen molar-refractivity contribution in [2.75, 3.05) is 26.4 Å². The lowest BCUT2D eigenvalue weighted by Crippen LogP contribution is -2.34. The number of nitrogen functional groups attached to an aromatic ring is 1. The molecule has 0 saturated heterocycles. The SMILES string of the molecule is CC(CCN(C)C)NC(=O)c1ccc(N)cc1Cl. The van der Waals surface area contributed by atoms with Crippen molar-refractivity contribution < 1.29 is 4.79 Å². The minimum atomic E-state index is -0.161. The van der Waals surface area contributed by atoms with E-state index in [1.54, 1.807) is 18.2 Å². The fraction of sp³-hybridized carbons (Fsp3) is 0.462. The molecule has 1 rings (SSSR count).